The van der Waals surface area contributed by atoms with Gasteiger partial charge in [0.25, 0.3) is 11.5 Å². The Morgan fingerprint density at radius 2 is 1.85 bits per heavy atom. The Morgan fingerprint density at radius 3 is 2.53 bits per heavy atom. The summed E-state index contributed by atoms with van der Waals surface area (Å²) in [5.41, 5.74) is 6.35. The van der Waals surface area contributed by atoms with Gasteiger partial charge in [0.1, 0.15) is 23.1 Å². The van der Waals surface area contributed by atoms with Crippen LogP contribution in [0.3, 0.4) is 0 Å². The van der Waals surface area contributed by atoms with E-state index in [0.717, 1.165) is 5.56 Å². The number of nitrogens with one attached hydrogen (secondary N) is 1. The summed E-state index contributed by atoms with van der Waals surface area (Å²) >= 11 is 0. The van der Waals surface area contributed by atoms with Gasteiger partial charge in [-0.2, -0.15) is 5.26 Å². The van der Waals surface area contributed by atoms with E-state index >= 15 is 0 Å². The molecule has 34 heavy (non-hydrogen) atoms. The van der Waals surface area contributed by atoms with Crippen molar-refractivity contribution in [3.05, 3.63) is 81.8 Å². The normalized spacial score (nSPS) is 14.6. The Morgan fingerprint density at radius 1 is 1.15 bits per heavy atom. The highest BCUT2D eigenvalue weighted by Crippen LogP contribution is 2.25. The molecule has 2 amide bonds. The molecule has 1 fully saturated rings. The molecule has 3 N–H and O–H groups in total. The van der Waals surface area contributed by atoms with Crippen molar-refractivity contribution in [2.75, 3.05) is 18.0 Å². The highest BCUT2D eigenvalue weighted by molar-refractivity contribution is 6.02. The number of hydrogen-bond acceptors (Lipinski definition) is 6. The largest absolute Gasteiger partial charge is 0.369 e. The van der Waals surface area contributed by atoms with Crippen LogP contribution in [0, 0.1) is 17.2 Å². The number of nitrogens with zero attached hydrogens (tertiary/aromatic N) is 4. The Hall–Kier alpha value is -4.45. The lowest BCUT2D eigenvalue weighted by Gasteiger charge is -2.32. The van der Waals surface area contributed by atoms with E-state index in [1.807, 2.05) is 41.3 Å². The molecule has 0 aliphatic carbocycles. The maximum absolute atomic E-state index is 13.4. The molecule has 1 aliphatic rings. The SMILES string of the molecule is N#C/C(=C\c1c(N2CCC(C(N)=O)CC2)nc2ccccn2c1=O)C(=O)NCc1ccccc1. The van der Waals surface area contributed by atoms with Crippen molar-refractivity contribution in [3.63, 3.8) is 0 Å². The van der Waals surface area contributed by atoms with Crippen LogP contribution in [-0.2, 0) is 16.1 Å². The Kier molecular flexibility index (Phi) is 6.69. The molecule has 0 spiro atoms. The van der Waals surface area contributed by atoms with Crippen LogP contribution in [0.4, 0.5) is 5.82 Å². The molecular weight excluding hydrogens is 432 g/mol. The fraction of sp³-hybridized carbons (Fsp3) is 0.240. The number of fused-ring (bicyclic) bond motifs is 1. The first-order valence-corrected chi connectivity index (χ1v) is 11.0. The van der Waals surface area contributed by atoms with Gasteiger partial charge >= 0.3 is 0 Å². The second kappa shape index (κ2) is 10.0. The molecule has 0 bridgehead atoms. The number of anilines is 1. The zero-order valence-corrected chi connectivity index (χ0v) is 18.5. The van der Waals surface area contributed by atoms with E-state index in [-0.39, 0.29) is 35.1 Å². The van der Waals surface area contributed by atoms with Gasteiger partial charge in [-0.15, -0.1) is 0 Å². The predicted molar refractivity (Wildman–Crippen MR) is 127 cm³/mol. The third-order valence-corrected chi connectivity index (χ3v) is 5.90. The van der Waals surface area contributed by atoms with Crippen LogP contribution in [0.5, 0.6) is 0 Å². The molecular formula is C25H24N6O3. The summed E-state index contributed by atoms with van der Waals surface area (Å²) in [5.74, 6) is -0.770. The van der Waals surface area contributed by atoms with Crippen molar-refractivity contribution in [2.24, 2.45) is 11.7 Å². The third-order valence-electron chi connectivity index (χ3n) is 5.90. The lowest BCUT2D eigenvalue weighted by molar-refractivity contribution is -0.122. The molecule has 0 atom stereocenters. The summed E-state index contributed by atoms with van der Waals surface area (Å²) in [4.78, 5) is 44.2. The summed E-state index contributed by atoms with van der Waals surface area (Å²) in [6.07, 6.45) is 3.96. The second-order valence-corrected chi connectivity index (χ2v) is 8.08. The summed E-state index contributed by atoms with van der Waals surface area (Å²) < 4.78 is 1.38. The summed E-state index contributed by atoms with van der Waals surface area (Å²) in [5, 5.41) is 12.4. The molecule has 0 saturated carbocycles. The summed E-state index contributed by atoms with van der Waals surface area (Å²) in [6.45, 7) is 1.21. The standard InChI is InChI=1S/C25H24N6O3/c26-15-19(24(33)28-16-17-6-2-1-3-7-17)14-20-23(30-12-9-18(10-13-30)22(27)32)29-21-8-4-5-11-31(21)25(20)34/h1-8,11,14,18H,9-10,12-13,16H2,(H2,27,32)(H,28,33)/b19-14+. The number of nitriles is 1. The smallest absolute Gasteiger partial charge is 0.267 e. The molecule has 1 aromatic carbocycles. The van der Waals surface area contributed by atoms with Crippen molar-refractivity contribution in [2.45, 2.75) is 19.4 Å². The van der Waals surface area contributed by atoms with E-state index in [1.54, 1.807) is 24.4 Å². The number of carbonyl (C=O) groups excluding carboxylic acids is 2. The quantitative estimate of drug-likeness (QED) is 0.428. The van der Waals surface area contributed by atoms with Gasteiger partial charge in [0, 0.05) is 31.7 Å². The highest BCUT2D eigenvalue weighted by atomic mass is 16.2. The number of nitrogens with two attached hydrogens (primary N) is 1. The first kappa shape index (κ1) is 22.7. The number of rotatable bonds is 6. The molecule has 9 heteroatoms. The van der Waals surface area contributed by atoms with Crippen LogP contribution in [0.15, 0.2) is 65.1 Å². The minimum Gasteiger partial charge on any atom is -0.369 e. The lowest BCUT2D eigenvalue weighted by atomic mass is 9.96. The molecule has 3 aromatic rings. The van der Waals surface area contributed by atoms with E-state index < -0.39 is 5.91 Å². The number of benzene rings is 1. The Labute approximate surface area is 196 Å². The molecule has 4 rings (SSSR count). The van der Waals surface area contributed by atoms with Crippen LogP contribution in [0.25, 0.3) is 11.7 Å². The summed E-state index contributed by atoms with van der Waals surface area (Å²) in [6, 6.07) is 16.4. The molecule has 1 saturated heterocycles. The van der Waals surface area contributed by atoms with Gasteiger partial charge in [-0.1, -0.05) is 36.4 Å². The van der Waals surface area contributed by atoms with Crippen LogP contribution in [-0.4, -0.2) is 34.3 Å². The average molecular weight is 457 g/mol. The molecule has 9 nitrogen and oxygen atoms in total. The number of amides is 2. The van der Waals surface area contributed by atoms with Gasteiger partial charge in [-0.25, -0.2) is 4.98 Å². The third kappa shape index (κ3) is 4.81. The van der Waals surface area contributed by atoms with Crippen molar-refractivity contribution in [1.82, 2.24) is 14.7 Å². The molecule has 3 heterocycles. The number of primary amides is 1. The minimum atomic E-state index is -0.581. The van der Waals surface area contributed by atoms with Crippen molar-refractivity contribution < 1.29 is 9.59 Å². The topological polar surface area (TPSA) is 134 Å². The van der Waals surface area contributed by atoms with E-state index in [4.69, 9.17) is 5.73 Å². The monoisotopic (exact) mass is 456 g/mol. The van der Waals surface area contributed by atoms with Gasteiger partial charge in [0.2, 0.25) is 5.91 Å². The minimum absolute atomic E-state index is 0.146. The molecule has 0 radical (unpaired) electrons. The number of pyridine rings is 1. The van der Waals surface area contributed by atoms with Gasteiger partial charge in [-0.05, 0) is 36.6 Å². The maximum Gasteiger partial charge on any atom is 0.267 e. The number of hydrogen-bond donors (Lipinski definition) is 2. The van der Waals surface area contributed by atoms with Crippen molar-refractivity contribution >= 4 is 29.4 Å². The van der Waals surface area contributed by atoms with Crippen LogP contribution < -0.4 is 21.5 Å². The maximum atomic E-state index is 13.4. The zero-order chi connectivity index (χ0) is 24.1. The first-order valence-electron chi connectivity index (χ1n) is 11.0. The first-order chi connectivity index (χ1) is 16.5. The summed E-state index contributed by atoms with van der Waals surface area (Å²) in [7, 11) is 0. The van der Waals surface area contributed by atoms with Crippen LogP contribution in [0.1, 0.15) is 24.0 Å². The number of carbonyl (C=O) groups is 2. The van der Waals surface area contributed by atoms with Gasteiger partial charge < -0.3 is 16.0 Å². The lowest BCUT2D eigenvalue weighted by Crippen LogP contribution is -2.40. The number of aromatic nitrogens is 2. The molecule has 1 aliphatic heterocycles. The van der Waals surface area contributed by atoms with Gasteiger partial charge in [-0.3, -0.25) is 18.8 Å². The molecule has 2 aromatic heterocycles. The Bertz CT molecular complexity index is 1350. The Balaban J connectivity index is 1.70. The van der Waals surface area contributed by atoms with Gasteiger partial charge in [0.15, 0.2) is 0 Å². The van der Waals surface area contributed by atoms with Crippen molar-refractivity contribution in [3.8, 4) is 6.07 Å². The fourth-order valence-corrected chi connectivity index (χ4v) is 4.00. The average Bonchev–Trinajstić information content (AvgIpc) is 2.87. The fourth-order valence-electron chi connectivity index (χ4n) is 4.00. The van der Waals surface area contributed by atoms with Crippen LogP contribution >= 0.6 is 0 Å². The van der Waals surface area contributed by atoms with E-state index in [0.29, 0.717) is 37.4 Å². The van der Waals surface area contributed by atoms with E-state index in [1.165, 1.54) is 10.5 Å². The second-order valence-electron chi connectivity index (χ2n) is 8.08. The molecule has 172 valence electrons. The van der Waals surface area contributed by atoms with E-state index in [2.05, 4.69) is 10.3 Å². The van der Waals surface area contributed by atoms with Crippen molar-refractivity contribution in [1.29, 1.82) is 5.26 Å². The predicted octanol–water partition coefficient (Wildman–Crippen LogP) is 1.62. The van der Waals surface area contributed by atoms with Crippen LogP contribution in [0.2, 0.25) is 0 Å². The number of piperidine rings is 1. The zero-order valence-electron chi connectivity index (χ0n) is 18.5. The van der Waals surface area contributed by atoms with E-state index in [9.17, 15) is 19.6 Å². The highest BCUT2D eigenvalue weighted by Gasteiger charge is 2.26. The molecule has 0 unspecified atom stereocenters. The van der Waals surface area contributed by atoms with Gasteiger partial charge in [0.05, 0.1) is 5.56 Å².